The van der Waals surface area contributed by atoms with Gasteiger partial charge in [-0.1, -0.05) is 35.1 Å². The molecule has 0 spiro atoms. The van der Waals surface area contributed by atoms with Crippen molar-refractivity contribution in [3.05, 3.63) is 60.2 Å². The number of Topliss-reactive ketones (excluding diaryl/α,β-unsaturated/α-hetero) is 1. The normalized spacial score (nSPS) is 11.0. The second-order valence-corrected chi connectivity index (χ2v) is 5.29. The van der Waals surface area contributed by atoms with Gasteiger partial charge in [0.1, 0.15) is 5.71 Å². The molecule has 0 atom stereocenters. The molecule has 0 radical (unpaired) electrons. The second-order valence-electron chi connectivity index (χ2n) is 4.15. The fourth-order valence-corrected chi connectivity index (χ4v) is 2.49. The first kappa shape index (κ1) is 15.0. The number of rotatable bonds is 6. The lowest BCUT2D eigenvalue weighted by Crippen LogP contribution is -2.10. The molecule has 2 aromatic rings. The zero-order chi connectivity index (χ0) is 15.1. The van der Waals surface area contributed by atoms with Gasteiger partial charge in [-0.05, 0) is 43.3 Å². The highest BCUT2D eigenvalue weighted by Crippen LogP contribution is 2.27. The highest BCUT2D eigenvalue weighted by molar-refractivity contribution is 7.99. The SMILES string of the molecule is C/C(=N/OC=O)C(=O)c1ccc(Sc2ccccc2)cc1. The monoisotopic (exact) mass is 299 g/mol. The summed E-state index contributed by atoms with van der Waals surface area (Å²) in [6, 6.07) is 17.2. The Morgan fingerprint density at radius 3 is 2.29 bits per heavy atom. The minimum Gasteiger partial charge on any atom is -0.321 e. The lowest BCUT2D eigenvalue weighted by Gasteiger charge is -2.03. The van der Waals surface area contributed by atoms with Gasteiger partial charge in [0.15, 0.2) is 0 Å². The lowest BCUT2D eigenvalue weighted by atomic mass is 10.1. The van der Waals surface area contributed by atoms with Crippen molar-refractivity contribution in [2.75, 3.05) is 0 Å². The van der Waals surface area contributed by atoms with Crippen LogP contribution in [0.25, 0.3) is 0 Å². The number of benzene rings is 2. The third-order valence-corrected chi connectivity index (χ3v) is 3.67. The van der Waals surface area contributed by atoms with Crippen LogP contribution < -0.4 is 0 Å². The number of oxime groups is 1. The van der Waals surface area contributed by atoms with E-state index in [0.29, 0.717) is 5.56 Å². The molecule has 0 fully saturated rings. The summed E-state index contributed by atoms with van der Waals surface area (Å²) in [4.78, 5) is 28.4. The first-order valence-corrected chi connectivity index (χ1v) is 7.04. The quantitative estimate of drug-likeness (QED) is 0.269. The molecule has 21 heavy (non-hydrogen) atoms. The Labute approximate surface area is 126 Å². The second kappa shape index (κ2) is 7.40. The van der Waals surface area contributed by atoms with E-state index in [4.69, 9.17) is 0 Å². The van der Waals surface area contributed by atoms with Crippen LogP contribution in [-0.4, -0.2) is 18.0 Å². The molecule has 0 N–H and O–H groups in total. The molecule has 0 saturated carbocycles. The van der Waals surface area contributed by atoms with Crippen molar-refractivity contribution in [3.8, 4) is 0 Å². The number of carbonyl (C=O) groups is 2. The highest BCUT2D eigenvalue weighted by atomic mass is 32.2. The van der Waals surface area contributed by atoms with Crippen molar-refractivity contribution < 1.29 is 14.4 Å². The number of hydrogen-bond donors (Lipinski definition) is 0. The molecule has 5 heteroatoms. The minimum atomic E-state index is -0.270. The van der Waals surface area contributed by atoms with Gasteiger partial charge in [-0.2, -0.15) is 0 Å². The zero-order valence-electron chi connectivity index (χ0n) is 11.4. The molecule has 0 unspecified atom stereocenters. The number of carbonyl (C=O) groups excluding carboxylic acids is 2. The molecule has 2 aromatic carbocycles. The summed E-state index contributed by atoms with van der Waals surface area (Å²) < 4.78 is 0. The smallest absolute Gasteiger partial charge is 0.321 e. The maximum absolute atomic E-state index is 12.0. The number of hydrogen-bond acceptors (Lipinski definition) is 5. The molecule has 2 rings (SSSR count). The fraction of sp³-hybridized carbons (Fsp3) is 0.0625. The van der Waals surface area contributed by atoms with Gasteiger partial charge in [-0.25, -0.2) is 0 Å². The van der Waals surface area contributed by atoms with Crippen LogP contribution in [0.2, 0.25) is 0 Å². The van der Waals surface area contributed by atoms with Gasteiger partial charge in [0.2, 0.25) is 5.78 Å². The summed E-state index contributed by atoms with van der Waals surface area (Å²) in [6.07, 6.45) is 0. The van der Waals surface area contributed by atoms with Gasteiger partial charge in [0.25, 0.3) is 0 Å². The van der Waals surface area contributed by atoms with E-state index in [9.17, 15) is 9.59 Å². The van der Waals surface area contributed by atoms with Crippen LogP contribution in [0.5, 0.6) is 0 Å². The zero-order valence-corrected chi connectivity index (χ0v) is 12.2. The van der Waals surface area contributed by atoms with E-state index in [0.717, 1.165) is 9.79 Å². The van der Waals surface area contributed by atoms with Crippen LogP contribution in [0.3, 0.4) is 0 Å². The molecule has 0 aliphatic rings. The number of ketones is 1. The maximum Gasteiger partial charge on any atom is 0.323 e. The van der Waals surface area contributed by atoms with E-state index in [1.165, 1.54) is 6.92 Å². The van der Waals surface area contributed by atoms with Gasteiger partial charge in [-0.15, -0.1) is 0 Å². The summed E-state index contributed by atoms with van der Waals surface area (Å²) in [5.41, 5.74) is 0.633. The van der Waals surface area contributed by atoms with Crippen LogP contribution in [0.4, 0.5) is 0 Å². The first-order chi connectivity index (χ1) is 10.2. The molecular weight excluding hydrogens is 286 g/mol. The van der Waals surface area contributed by atoms with Crippen LogP contribution >= 0.6 is 11.8 Å². The molecule has 0 saturated heterocycles. The van der Waals surface area contributed by atoms with E-state index < -0.39 is 0 Å². The Morgan fingerprint density at radius 1 is 1.05 bits per heavy atom. The Balaban J connectivity index is 2.08. The van der Waals surface area contributed by atoms with Gasteiger partial charge in [0.05, 0.1) is 0 Å². The van der Waals surface area contributed by atoms with Crippen molar-refractivity contribution in [1.29, 1.82) is 0 Å². The molecule has 4 nitrogen and oxygen atoms in total. The Morgan fingerprint density at radius 2 is 1.67 bits per heavy atom. The molecule has 0 bridgehead atoms. The molecule has 0 aliphatic carbocycles. The lowest BCUT2D eigenvalue weighted by molar-refractivity contribution is -0.128. The van der Waals surface area contributed by atoms with Crippen LogP contribution in [0.1, 0.15) is 17.3 Å². The van der Waals surface area contributed by atoms with E-state index in [1.54, 1.807) is 23.9 Å². The maximum atomic E-state index is 12.0. The molecule has 0 aromatic heterocycles. The minimum absolute atomic E-state index is 0.130. The molecule has 0 amide bonds. The average molecular weight is 299 g/mol. The summed E-state index contributed by atoms with van der Waals surface area (Å²) in [7, 11) is 0. The number of nitrogens with zero attached hydrogens (tertiary/aromatic N) is 1. The molecular formula is C16H13NO3S. The highest BCUT2D eigenvalue weighted by Gasteiger charge is 2.10. The predicted octanol–water partition coefficient (Wildman–Crippen LogP) is 3.57. The largest absolute Gasteiger partial charge is 0.323 e. The van der Waals surface area contributed by atoms with Crippen LogP contribution in [0.15, 0.2) is 69.5 Å². The Hall–Kier alpha value is -2.40. The van der Waals surface area contributed by atoms with E-state index >= 15 is 0 Å². The average Bonchev–Trinajstić information content (AvgIpc) is 2.53. The summed E-state index contributed by atoms with van der Waals surface area (Å²) in [5.74, 6) is -0.270. The first-order valence-electron chi connectivity index (χ1n) is 6.22. The van der Waals surface area contributed by atoms with Crippen LogP contribution in [0, 0.1) is 0 Å². The van der Waals surface area contributed by atoms with Gasteiger partial charge < -0.3 is 4.84 Å². The topological polar surface area (TPSA) is 55.7 Å². The van der Waals surface area contributed by atoms with Gasteiger partial charge in [0, 0.05) is 15.4 Å². The Bertz CT molecular complexity index is 651. The van der Waals surface area contributed by atoms with Crippen LogP contribution in [-0.2, 0) is 9.63 Å². The predicted molar refractivity (Wildman–Crippen MR) is 81.6 cm³/mol. The Kier molecular flexibility index (Phi) is 5.29. The van der Waals surface area contributed by atoms with Gasteiger partial charge >= 0.3 is 6.47 Å². The standard InChI is InChI=1S/C16H13NO3S/c1-12(17-20-11-18)16(19)13-7-9-15(10-8-13)21-14-5-3-2-4-6-14/h2-11H,1H3/b17-12-. The van der Waals surface area contributed by atoms with Crippen molar-refractivity contribution in [2.45, 2.75) is 16.7 Å². The fourth-order valence-electron chi connectivity index (χ4n) is 1.65. The van der Waals surface area contributed by atoms with E-state index in [-0.39, 0.29) is 18.0 Å². The van der Waals surface area contributed by atoms with Crippen molar-refractivity contribution in [3.63, 3.8) is 0 Å². The molecule has 0 aliphatic heterocycles. The molecule has 106 valence electrons. The third-order valence-electron chi connectivity index (χ3n) is 2.66. The summed E-state index contributed by atoms with van der Waals surface area (Å²) in [6.45, 7) is 1.68. The molecule has 0 heterocycles. The van der Waals surface area contributed by atoms with Crippen molar-refractivity contribution in [1.82, 2.24) is 0 Å². The summed E-state index contributed by atoms with van der Waals surface area (Å²) in [5, 5.41) is 3.40. The summed E-state index contributed by atoms with van der Waals surface area (Å²) >= 11 is 1.62. The van der Waals surface area contributed by atoms with Crippen molar-refractivity contribution >= 4 is 29.7 Å². The third kappa shape index (κ3) is 4.29. The van der Waals surface area contributed by atoms with E-state index in [1.807, 2.05) is 42.5 Å². The van der Waals surface area contributed by atoms with Gasteiger partial charge in [-0.3, -0.25) is 9.59 Å². The van der Waals surface area contributed by atoms with E-state index in [2.05, 4.69) is 9.99 Å². The van der Waals surface area contributed by atoms with Crippen molar-refractivity contribution in [2.24, 2.45) is 5.16 Å².